The van der Waals surface area contributed by atoms with E-state index in [9.17, 15) is 4.39 Å². The van der Waals surface area contributed by atoms with E-state index < -0.39 is 0 Å². The SMILES string of the molecule is Cc1ccc(N2C(=S)N[C@@H](c3ccccn3)[C@@H]2c2cc(C)n(-c3ccccc3F)c2C)cc1C. The first-order valence-electron chi connectivity index (χ1n) is 11.4. The van der Waals surface area contributed by atoms with E-state index in [2.05, 4.69) is 53.3 Å². The van der Waals surface area contributed by atoms with Crippen molar-refractivity contribution in [3.63, 3.8) is 0 Å². The summed E-state index contributed by atoms with van der Waals surface area (Å²) < 4.78 is 16.8. The molecule has 2 atom stereocenters. The van der Waals surface area contributed by atoms with Crippen molar-refractivity contribution in [1.29, 1.82) is 0 Å². The molecule has 1 fully saturated rings. The normalized spacial score (nSPS) is 17.8. The first-order valence-corrected chi connectivity index (χ1v) is 11.8. The number of nitrogens with one attached hydrogen (secondary N) is 1. The highest BCUT2D eigenvalue weighted by molar-refractivity contribution is 7.80. The standard InChI is InChI=1S/C28H27FN4S/c1-17-12-13-21(15-18(17)2)33-27(26(31-28(33)34)24-10-7-8-14-30-24)22-16-19(3)32(20(22)4)25-11-6-5-9-23(25)29/h5-16,26-27H,1-4H3,(H,31,34)/t26-,27-/m0/s1. The van der Waals surface area contributed by atoms with Gasteiger partial charge in [0.2, 0.25) is 0 Å². The predicted octanol–water partition coefficient (Wildman–Crippen LogP) is 6.42. The van der Waals surface area contributed by atoms with Crippen LogP contribution in [0.5, 0.6) is 0 Å². The lowest BCUT2D eigenvalue weighted by molar-refractivity contribution is 0.564. The minimum atomic E-state index is -0.247. The van der Waals surface area contributed by atoms with Gasteiger partial charge in [0.05, 0.1) is 23.5 Å². The van der Waals surface area contributed by atoms with E-state index in [0.29, 0.717) is 10.8 Å². The van der Waals surface area contributed by atoms with Crippen molar-refractivity contribution in [2.75, 3.05) is 4.90 Å². The largest absolute Gasteiger partial charge is 0.351 e. The van der Waals surface area contributed by atoms with Crippen molar-refractivity contribution in [2.24, 2.45) is 0 Å². The van der Waals surface area contributed by atoms with Crippen LogP contribution >= 0.6 is 12.2 Å². The zero-order chi connectivity index (χ0) is 24.0. The summed E-state index contributed by atoms with van der Waals surface area (Å²) in [7, 11) is 0. The van der Waals surface area contributed by atoms with E-state index in [-0.39, 0.29) is 17.9 Å². The lowest BCUT2D eigenvalue weighted by Gasteiger charge is -2.28. The highest BCUT2D eigenvalue weighted by Gasteiger charge is 2.42. The third-order valence-electron chi connectivity index (χ3n) is 6.75. The van der Waals surface area contributed by atoms with Crippen LogP contribution in [-0.2, 0) is 0 Å². The summed E-state index contributed by atoms with van der Waals surface area (Å²) in [6, 6.07) is 21.1. The van der Waals surface area contributed by atoms with Crippen LogP contribution in [0, 0.1) is 33.5 Å². The van der Waals surface area contributed by atoms with Crippen LogP contribution in [-0.4, -0.2) is 14.7 Å². The van der Waals surface area contributed by atoms with Gasteiger partial charge in [0.15, 0.2) is 5.11 Å². The van der Waals surface area contributed by atoms with E-state index in [1.54, 1.807) is 12.3 Å². The summed E-state index contributed by atoms with van der Waals surface area (Å²) in [5, 5.41) is 4.17. The van der Waals surface area contributed by atoms with Crippen LogP contribution in [0.25, 0.3) is 5.69 Å². The Hall–Kier alpha value is -3.51. The Labute approximate surface area is 205 Å². The number of aryl methyl sites for hydroxylation is 3. The van der Waals surface area contributed by atoms with Crippen molar-refractivity contribution in [1.82, 2.24) is 14.9 Å². The highest BCUT2D eigenvalue weighted by atomic mass is 32.1. The Kier molecular flexibility index (Phi) is 5.70. The van der Waals surface area contributed by atoms with E-state index in [1.807, 2.05) is 48.7 Å². The van der Waals surface area contributed by atoms with Crippen LogP contribution in [0.2, 0.25) is 0 Å². The molecule has 5 rings (SSSR count). The fraction of sp³-hybridized carbons (Fsp3) is 0.214. The average molecular weight is 471 g/mol. The summed E-state index contributed by atoms with van der Waals surface area (Å²) in [6.07, 6.45) is 1.80. The van der Waals surface area contributed by atoms with Gasteiger partial charge in [-0.25, -0.2) is 4.39 Å². The molecule has 0 aliphatic carbocycles. The quantitative estimate of drug-likeness (QED) is 0.349. The van der Waals surface area contributed by atoms with Gasteiger partial charge in [-0.05, 0) is 99.1 Å². The van der Waals surface area contributed by atoms with Gasteiger partial charge in [-0.1, -0.05) is 24.3 Å². The third kappa shape index (κ3) is 3.68. The molecule has 2 aromatic carbocycles. The third-order valence-corrected chi connectivity index (χ3v) is 7.06. The summed E-state index contributed by atoms with van der Waals surface area (Å²) >= 11 is 5.87. The maximum absolute atomic E-state index is 14.8. The molecule has 0 spiro atoms. The molecule has 0 saturated carbocycles. The molecule has 2 aromatic heterocycles. The van der Waals surface area contributed by atoms with Gasteiger partial charge in [0.25, 0.3) is 0 Å². The Balaban J connectivity index is 1.70. The second-order valence-corrected chi connectivity index (χ2v) is 9.27. The molecule has 6 heteroatoms. The number of nitrogens with zero attached hydrogens (tertiary/aromatic N) is 3. The van der Waals surface area contributed by atoms with Gasteiger partial charge >= 0.3 is 0 Å². The van der Waals surface area contributed by atoms with E-state index in [4.69, 9.17) is 12.2 Å². The van der Waals surface area contributed by atoms with Crippen molar-refractivity contribution < 1.29 is 4.39 Å². The number of halogens is 1. The minimum absolute atomic E-state index is 0.142. The summed E-state index contributed by atoms with van der Waals surface area (Å²) in [5.74, 6) is -0.247. The molecular formula is C28H27FN4S. The van der Waals surface area contributed by atoms with Crippen LogP contribution in [0.4, 0.5) is 10.1 Å². The fourth-order valence-corrected chi connectivity index (χ4v) is 5.26. The Bertz CT molecular complexity index is 1380. The smallest absolute Gasteiger partial charge is 0.174 e. The molecule has 34 heavy (non-hydrogen) atoms. The predicted molar refractivity (Wildman–Crippen MR) is 139 cm³/mol. The molecule has 1 saturated heterocycles. The number of benzene rings is 2. The zero-order valence-electron chi connectivity index (χ0n) is 19.7. The molecule has 0 radical (unpaired) electrons. The number of rotatable bonds is 4. The molecule has 1 aliphatic rings. The molecule has 4 aromatic rings. The molecule has 0 amide bonds. The van der Waals surface area contributed by atoms with Gasteiger partial charge in [-0.2, -0.15) is 0 Å². The Morgan fingerprint density at radius 3 is 2.38 bits per heavy atom. The van der Waals surface area contributed by atoms with Gasteiger partial charge in [0.1, 0.15) is 5.82 Å². The lowest BCUT2D eigenvalue weighted by Crippen LogP contribution is -2.29. The fourth-order valence-electron chi connectivity index (χ4n) is 4.92. The first-order chi connectivity index (χ1) is 16.4. The van der Waals surface area contributed by atoms with Gasteiger partial charge < -0.3 is 14.8 Å². The Morgan fingerprint density at radius 2 is 1.68 bits per heavy atom. The molecular weight excluding hydrogens is 443 g/mol. The number of anilines is 1. The lowest BCUT2D eigenvalue weighted by atomic mass is 9.96. The first kappa shape index (κ1) is 22.3. The van der Waals surface area contributed by atoms with Crippen molar-refractivity contribution >= 4 is 23.0 Å². The zero-order valence-corrected chi connectivity index (χ0v) is 20.5. The van der Waals surface area contributed by atoms with E-state index >= 15 is 0 Å². The second kappa shape index (κ2) is 8.69. The summed E-state index contributed by atoms with van der Waals surface area (Å²) in [4.78, 5) is 6.82. The number of para-hydroxylation sites is 1. The van der Waals surface area contributed by atoms with Crippen LogP contribution in [0.3, 0.4) is 0 Å². The average Bonchev–Trinajstić information content (AvgIpc) is 3.32. The van der Waals surface area contributed by atoms with Crippen LogP contribution in [0.1, 0.15) is 45.9 Å². The molecule has 1 aliphatic heterocycles. The molecule has 0 bridgehead atoms. The molecule has 1 N–H and O–H groups in total. The monoisotopic (exact) mass is 470 g/mol. The number of hydrogen-bond acceptors (Lipinski definition) is 2. The highest BCUT2D eigenvalue weighted by Crippen LogP contribution is 2.44. The maximum Gasteiger partial charge on any atom is 0.174 e. The topological polar surface area (TPSA) is 33.1 Å². The number of aromatic nitrogens is 2. The van der Waals surface area contributed by atoms with Crippen LogP contribution in [0.15, 0.2) is 72.9 Å². The van der Waals surface area contributed by atoms with Gasteiger partial charge in [-0.3, -0.25) is 4.98 Å². The van der Waals surface area contributed by atoms with Crippen molar-refractivity contribution in [3.05, 3.63) is 113 Å². The minimum Gasteiger partial charge on any atom is -0.351 e. The molecule has 3 heterocycles. The molecule has 4 nitrogen and oxygen atoms in total. The summed E-state index contributed by atoms with van der Waals surface area (Å²) in [6.45, 7) is 8.28. The van der Waals surface area contributed by atoms with Crippen molar-refractivity contribution in [2.45, 2.75) is 39.8 Å². The van der Waals surface area contributed by atoms with Gasteiger partial charge in [0, 0.05) is 23.3 Å². The van der Waals surface area contributed by atoms with Crippen molar-refractivity contribution in [3.8, 4) is 5.69 Å². The van der Waals surface area contributed by atoms with E-state index in [1.165, 1.54) is 17.2 Å². The molecule has 0 unspecified atom stereocenters. The Morgan fingerprint density at radius 1 is 0.912 bits per heavy atom. The maximum atomic E-state index is 14.8. The van der Waals surface area contributed by atoms with E-state index in [0.717, 1.165) is 28.3 Å². The second-order valence-electron chi connectivity index (χ2n) is 8.88. The number of thiocarbonyl (C=S) groups is 1. The van der Waals surface area contributed by atoms with Gasteiger partial charge in [-0.15, -0.1) is 0 Å². The van der Waals surface area contributed by atoms with Crippen LogP contribution < -0.4 is 10.2 Å². The summed E-state index contributed by atoms with van der Waals surface area (Å²) in [5.41, 5.74) is 7.96. The number of hydrogen-bond donors (Lipinski definition) is 1. The molecule has 172 valence electrons. The number of pyridine rings is 1.